The predicted molar refractivity (Wildman–Crippen MR) is 130 cm³/mol. The molecule has 0 heterocycles. The maximum Gasteiger partial charge on any atom is 0.341 e. The number of benzene rings is 3. The van der Waals surface area contributed by atoms with E-state index in [2.05, 4.69) is 12.1 Å². The zero-order valence-electron chi connectivity index (χ0n) is 18.1. The van der Waals surface area contributed by atoms with Gasteiger partial charge in [-0.1, -0.05) is 36.4 Å². The third-order valence-electron chi connectivity index (χ3n) is 5.75. The molecule has 0 amide bonds. The van der Waals surface area contributed by atoms with E-state index in [0.29, 0.717) is 24.3 Å². The van der Waals surface area contributed by atoms with E-state index in [9.17, 15) is 13.6 Å². The van der Waals surface area contributed by atoms with E-state index in [0.717, 1.165) is 28.7 Å². The summed E-state index contributed by atoms with van der Waals surface area (Å²) in [4.78, 5) is 12.1. The maximum absolute atomic E-state index is 12.4. The number of nitrogens with zero attached hydrogens (tertiary/aromatic N) is 1. The molecule has 0 spiro atoms. The molecule has 0 aromatic heterocycles. The van der Waals surface area contributed by atoms with E-state index < -0.39 is 23.8 Å². The number of ether oxygens (including phenoxy) is 1. The van der Waals surface area contributed by atoms with Crippen LogP contribution in [-0.2, 0) is 22.5 Å². The fourth-order valence-electron chi connectivity index (χ4n) is 4.28. The lowest BCUT2D eigenvalue weighted by Crippen LogP contribution is -2.33. The second kappa shape index (κ2) is 10.4. The van der Waals surface area contributed by atoms with E-state index in [-0.39, 0.29) is 6.04 Å². The van der Waals surface area contributed by atoms with Crippen LogP contribution in [0.1, 0.15) is 30.0 Å². The Morgan fingerprint density at radius 1 is 1.15 bits per heavy atom. The van der Waals surface area contributed by atoms with Gasteiger partial charge in [0.1, 0.15) is 5.75 Å². The highest BCUT2D eigenvalue weighted by molar-refractivity contribution is 7.98. The molecule has 3 aromatic rings. The lowest BCUT2D eigenvalue weighted by atomic mass is 9.87. The van der Waals surface area contributed by atoms with Crippen LogP contribution in [0.5, 0.6) is 5.75 Å². The molecular weight excluding hydrogens is 458 g/mol. The van der Waals surface area contributed by atoms with E-state index in [1.807, 2.05) is 48.7 Å². The monoisotopic (exact) mass is 482 g/mol. The fourth-order valence-corrected chi connectivity index (χ4v) is 5.46. The molecule has 2 atom stereocenters. The topological polar surface area (TPSA) is 89.9 Å². The third-order valence-corrected chi connectivity index (χ3v) is 7.26. The van der Waals surface area contributed by atoms with Gasteiger partial charge in [0.2, 0.25) is 0 Å². The molecule has 1 N–H and O–H groups in total. The molecule has 8 heteroatoms. The number of thioether (sulfide) groups is 1. The van der Waals surface area contributed by atoms with Crippen LogP contribution < -0.4 is 9.04 Å². The minimum absolute atomic E-state index is 0.383. The summed E-state index contributed by atoms with van der Waals surface area (Å²) in [7, 11) is 0. The lowest BCUT2D eigenvalue weighted by molar-refractivity contribution is -0.139. The molecule has 172 valence electrons. The van der Waals surface area contributed by atoms with Crippen molar-refractivity contribution in [2.45, 2.75) is 30.2 Å². The van der Waals surface area contributed by atoms with Gasteiger partial charge >= 0.3 is 5.97 Å². The van der Waals surface area contributed by atoms with E-state index in [1.165, 1.54) is 9.20 Å². The Hall–Kier alpha value is -2.81. The first kappa shape index (κ1) is 23.4. The normalized spacial score (nSPS) is 16.0. The van der Waals surface area contributed by atoms with Crippen LogP contribution in [0.25, 0.3) is 11.1 Å². The molecule has 1 aliphatic carbocycles. The molecule has 0 saturated heterocycles. The van der Waals surface area contributed by atoms with Crippen molar-refractivity contribution >= 4 is 34.7 Å². The summed E-state index contributed by atoms with van der Waals surface area (Å²) in [5.74, 6) is -0.550. The number of carboxylic acids is 1. The first-order valence-electron chi connectivity index (χ1n) is 10.6. The van der Waals surface area contributed by atoms with Crippen molar-refractivity contribution in [3.63, 3.8) is 0 Å². The summed E-state index contributed by atoms with van der Waals surface area (Å²) in [5.41, 5.74) is 4.40. The average molecular weight is 483 g/mol. The Balaban J connectivity index is 1.66. The summed E-state index contributed by atoms with van der Waals surface area (Å²) in [5, 5.41) is 8.96. The molecule has 1 aliphatic rings. The smallest absolute Gasteiger partial charge is 0.341 e. The Morgan fingerprint density at radius 2 is 1.91 bits per heavy atom. The highest BCUT2D eigenvalue weighted by Crippen LogP contribution is 2.41. The molecule has 4 rings (SSSR count). The van der Waals surface area contributed by atoms with Crippen molar-refractivity contribution in [1.82, 2.24) is 0 Å². The maximum atomic E-state index is 12.4. The number of rotatable bonds is 8. The van der Waals surface area contributed by atoms with Gasteiger partial charge in [-0.05, 0) is 78.1 Å². The summed E-state index contributed by atoms with van der Waals surface area (Å²) < 4.78 is 31.6. The molecule has 3 aromatic carbocycles. The molecule has 2 unspecified atom stereocenters. The van der Waals surface area contributed by atoms with Crippen LogP contribution in [-0.4, -0.2) is 32.7 Å². The van der Waals surface area contributed by atoms with Crippen LogP contribution in [0.4, 0.5) is 5.69 Å². The number of carboxylic acid groups (broad SMARTS) is 1. The molecule has 6 nitrogen and oxygen atoms in total. The predicted octanol–water partition coefficient (Wildman–Crippen LogP) is 5.22. The van der Waals surface area contributed by atoms with Gasteiger partial charge in [0.15, 0.2) is 6.61 Å². The van der Waals surface area contributed by atoms with Crippen LogP contribution in [0.15, 0.2) is 71.6 Å². The second-order valence-electron chi connectivity index (χ2n) is 7.74. The molecule has 0 radical (unpaired) electrons. The van der Waals surface area contributed by atoms with Gasteiger partial charge in [-0.25, -0.2) is 4.79 Å². The Kier molecular flexibility index (Phi) is 7.37. The minimum atomic E-state index is -2.49. The molecule has 33 heavy (non-hydrogen) atoms. The molecular formula is C25H24NO5S2-. The van der Waals surface area contributed by atoms with Crippen LogP contribution in [0, 0.1) is 0 Å². The van der Waals surface area contributed by atoms with Crippen LogP contribution >= 0.6 is 11.8 Å². The van der Waals surface area contributed by atoms with Crippen molar-refractivity contribution < 1.29 is 23.4 Å². The van der Waals surface area contributed by atoms with Gasteiger partial charge in [-0.3, -0.25) is 8.51 Å². The van der Waals surface area contributed by atoms with Crippen molar-refractivity contribution in [2.75, 3.05) is 17.2 Å². The summed E-state index contributed by atoms with van der Waals surface area (Å²) in [6.07, 6.45) is 4.19. The van der Waals surface area contributed by atoms with Crippen molar-refractivity contribution in [3.8, 4) is 16.9 Å². The zero-order valence-corrected chi connectivity index (χ0v) is 19.7. The van der Waals surface area contributed by atoms with Crippen LogP contribution in [0.2, 0.25) is 0 Å². The molecule has 0 fully saturated rings. The quantitative estimate of drug-likeness (QED) is 0.350. The Morgan fingerprint density at radius 3 is 2.61 bits per heavy atom. The summed E-state index contributed by atoms with van der Waals surface area (Å²) in [6, 6.07) is 20.8. The second-order valence-corrected chi connectivity index (χ2v) is 9.44. The highest BCUT2D eigenvalue weighted by atomic mass is 32.2. The van der Waals surface area contributed by atoms with Gasteiger partial charge in [-0.2, -0.15) is 0 Å². The van der Waals surface area contributed by atoms with Crippen LogP contribution in [0.3, 0.4) is 0 Å². The average Bonchev–Trinajstić information content (AvgIpc) is 2.83. The number of anilines is 1. The first-order chi connectivity index (χ1) is 16.0. The van der Waals surface area contributed by atoms with E-state index >= 15 is 0 Å². The fraction of sp³-hybridized carbons (Fsp3) is 0.240. The van der Waals surface area contributed by atoms with Gasteiger partial charge in [0, 0.05) is 21.8 Å². The molecule has 0 bridgehead atoms. The number of aliphatic carboxylic acids is 1. The number of fused-ring (bicyclic) bond motifs is 1. The minimum Gasteiger partial charge on any atom is -0.755 e. The summed E-state index contributed by atoms with van der Waals surface area (Å²) in [6.45, 7) is -0.433. The standard InChI is InChI=1S/C25H25NO5S2/c1-32-20-6-2-5-18(15-20)17-11-13-19(14-12-17)26(33(29)30)23-9-3-8-22-21(23)7-4-10-24(22)31-16-25(27)28/h2,4-7,10-15,23H,3,8-9,16H2,1H3,(H,27,28)(H,29,30)/p-1. The zero-order chi connectivity index (χ0) is 23.4. The Bertz CT molecular complexity index is 1170. The van der Waals surface area contributed by atoms with Gasteiger partial charge in [0.05, 0.1) is 6.04 Å². The lowest BCUT2D eigenvalue weighted by Gasteiger charge is -2.38. The summed E-state index contributed by atoms with van der Waals surface area (Å²) >= 11 is -0.813. The SMILES string of the molecule is CSc1cccc(-c2ccc(N(C3CCCc4c(OCC(=O)O)cccc43)S(=O)[O-])cc2)c1. The van der Waals surface area contributed by atoms with E-state index in [4.69, 9.17) is 9.84 Å². The van der Waals surface area contributed by atoms with Gasteiger partial charge in [0.25, 0.3) is 0 Å². The number of hydrogen-bond donors (Lipinski definition) is 1. The van der Waals surface area contributed by atoms with E-state index in [1.54, 1.807) is 23.9 Å². The molecule has 0 saturated carbocycles. The largest absolute Gasteiger partial charge is 0.755 e. The van der Waals surface area contributed by atoms with Gasteiger partial charge in [-0.15, -0.1) is 11.8 Å². The van der Waals surface area contributed by atoms with Crippen molar-refractivity contribution in [3.05, 3.63) is 77.9 Å². The van der Waals surface area contributed by atoms with Crippen molar-refractivity contribution in [1.29, 1.82) is 0 Å². The third kappa shape index (κ3) is 5.24. The number of carbonyl (C=O) groups is 1. The molecule has 0 aliphatic heterocycles. The Labute approximate surface area is 200 Å². The number of hydrogen-bond acceptors (Lipinski definition) is 5. The van der Waals surface area contributed by atoms with Crippen molar-refractivity contribution in [2.24, 2.45) is 0 Å². The first-order valence-corrected chi connectivity index (χ1v) is 12.8. The van der Waals surface area contributed by atoms with Gasteiger partial charge < -0.3 is 14.4 Å². The highest BCUT2D eigenvalue weighted by Gasteiger charge is 2.29.